The highest BCUT2D eigenvalue weighted by Gasteiger charge is 2.27. The number of pyridine rings is 1. The van der Waals surface area contributed by atoms with E-state index in [0.29, 0.717) is 25.2 Å². The molecule has 0 aliphatic carbocycles. The Hall–Kier alpha value is -2.27. The fraction of sp³-hybridized carbons (Fsp3) is 0.400. The predicted molar refractivity (Wildman–Crippen MR) is 95.8 cm³/mol. The molecule has 1 aromatic heterocycles. The van der Waals surface area contributed by atoms with Gasteiger partial charge in [-0.1, -0.05) is 19.1 Å². The number of piperidine rings is 1. The number of benzene rings is 1. The summed E-state index contributed by atoms with van der Waals surface area (Å²) in [7, 11) is 0. The van der Waals surface area contributed by atoms with Crippen molar-refractivity contribution in [3.8, 4) is 0 Å². The molecule has 1 aliphatic rings. The molecule has 1 fully saturated rings. The van der Waals surface area contributed by atoms with Crippen molar-refractivity contribution in [1.82, 2.24) is 9.88 Å². The van der Waals surface area contributed by atoms with E-state index in [2.05, 4.69) is 4.98 Å². The van der Waals surface area contributed by atoms with Gasteiger partial charge >= 0.3 is 0 Å². The standard InChI is InChI=1S/C20H24FN3O/c1-2-19-16(4-3-9-23-19)20(25)24-10-7-15(8-11-24)17-12-14(13-22)5-6-18(17)21/h3-6,9,12,15H,2,7-8,10-11,13,22H2,1H3. The molecule has 0 saturated carbocycles. The molecule has 132 valence electrons. The molecule has 0 atom stereocenters. The number of amides is 1. The van der Waals surface area contributed by atoms with Crippen LogP contribution in [0.2, 0.25) is 0 Å². The lowest BCUT2D eigenvalue weighted by Gasteiger charge is -2.33. The van der Waals surface area contributed by atoms with Crippen LogP contribution < -0.4 is 5.73 Å². The smallest absolute Gasteiger partial charge is 0.255 e. The minimum absolute atomic E-state index is 0.0274. The molecule has 2 heterocycles. The molecule has 1 aromatic carbocycles. The lowest BCUT2D eigenvalue weighted by molar-refractivity contribution is 0.0710. The highest BCUT2D eigenvalue weighted by molar-refractivity contribution is 5.95. The van der Waals surface area contributed by atoms with E-state index in [9.17, 15) is 9.18 Å². The van der Waals surface area contributed by atoms with E-state index < -0.39 is 0 Å². The fourth-order valence-corrected chi connectivity index (χ4v) is 3.51. The first kappa shape index (κ1) is 17.5. The van der Waals surface area contributed by atoms with Gasteiger partial charge in [-0.2, -0.15) is 0 Å². The number of carbonyl (C=O) groups excluding carboxylic acids is 1. The Kier molecular flexibility index (Phi) is 5.43. The van der Waals surface area contributed by atoms with Gasteiger partial charge in [0.1, 0.15) is 5.82 Å². The number of aromatic nitrogens is 1. The monoisotopic (exact) mass is 341 g/mol. The summed E-state index contributed by atoms with van der Waals surface area (Å²) in [5, 5.41) is 0. The zero-order valence-electron chi connectivity index (χ0n) is 14.5. The highest BCUT2D eigenvalue weighted by Crippen LogP contribution is 2.31. The van der Waals surface area contributed by atoms with Gasteiger partial charge in [0, 0.05) is 25.8 Å². The van der Waals surface area contributed by atoms with E-state index in [4.69, 9.17) is 5.73 Å². The van der Waals surface area contributed by atoms with Crippen molar-refractivity contribution < 1.29 is 9.18 Å². The van der Waals surface area contributed by atoms with Crippen LogP contribution in [0.5, 0.6) is 0 Å². The van der Waals surface area contributed by atoms with Crippen LogP contribution in [0.3, 0.4) is 0 Å². The summed E-state index contributed by atoms with van der Waals surface area (Å²) in [6.45, 7) is 3.67. The lowest BCUT2D eigenvalue weighted by Crippen LogP contribution is -2.38. The number of halogens is 1. The van der Waals surface area contributed by atoms with E-state index in [1.165, 1.54) is 6.07 Å². The maximum Gasteiger partial charge on any atom is 0.255 e. The van der Waals surface area contributed by atoms with Crippen molar-refractivity contribution in [2.75, 3.05) is 13.1 Å². The van der Waals surface area contributed by atoms with Crippen molar-refractivity contribution in [2.45, 2.75) is 38.6 Å². The minimum Gasteiger partial charge on any atom is -0.339 e. The molecular formula is C20H24FN3O. The van der Waals surface area contributed by atoms with Gasteiger partial charge in [0.2, 0.25) is 0 Å². The maximum absolute atomic E-state index is 14.2. The van der Waals surface area contributed by atoms with E-state index in [1.54, 1.807) is 18.3 Å². The predicted octanol–water partition coefficient (Wildman–Crippen LogP) is 3.26. The summed E-state index contributed by atoms with van der Waals surface area (Å²) in [4.78, 5) is 18.9. The van der Waals surface area contributed by atoms with Gasteiger partial charge in [0.05, 0.1) is 11.3 Å². The highest BCUT2D eigenvalue weighted by atomic mass is 19.1. The summed E-state index contributed by atoms with van der Waals surface area (Å²) >= 11 is 0. The van der Waals surface area contributed by atoms with Gasteiger partial charge in [-0.3, -0.25) is 9.78 Å². The first-order chi connectivity index (χ1) is 12.1. The fourth-order valence-electron chi connectivity index (χ4n) is 3.51. The second-order valence-corrected chi connectivity index (χ2v) is 6.48. The number of rotatable bonds is 4. The second-order valence-electron chi connectivity index (χ2n) is 6.48. The van der Waals surface area contributed by atoms with Crippen molar-refractivity contribution in [1.29, 1.82) is 0 Å². The Morgan fingerprint density at radius 1 is 1.32 bits per heavy atom. The molecule has 0 spiro atoms. The quantitative estimate of drug-likeness (QED) is 0.928. The van der Waals surface area contributed by atoms with Crippen LogP contribution in [-0.2, 0) is 13.0 Å². The zero-order chi connectivity index (χ0) is 17.8. The van der Waals surface area contributed by atoms with E-state index in [0.717, 1.165) is 36.1 Å². The summed E-state index contributed by atoms with van der Waals surface area (Å²) in [5.41, 5.74) is 8.85. The van der Waals surface area contributed by atoms with Crippen molar-refractivity contribution in [3.05, 3.63) is 64.7 Å². The molecule has 25 heavy (non-hydrogen) atoms. The normalized spacial score (nSPS) is 15.4. The molecule has 4 nitrogen and oxygen atoms in total. The molecule has 1 amide bonds. The Bertz CT molecular complexity index is 754. The summed E-state index contributed by atoms with van der Waals surface area (Å²) in [6, 6.07) is 8.73. The number of hydrogen-bond acceptors (Lipinski definition) is 3. The molecule has 1 aliphatic heterocycles. The number of carbonyl (C=O) groups is 1. The molecule has 1 saturated heterocycles. The van der Waals surface area contributed by atoms with Crippen molar-refractivity contribution >= 4 is 5.91 Å². The Morgan fingerprint density at radius 2 is 2.08 bits per heavy atom. The van der Waals surface area contributed by atoms with Crippen LogP contribution in [0.25, 0.3) is 0 Å². The first-order valence-corrected chi connectivity index (χ1v) is 8.85. The number of nitrogens with two attached hydrogens (primary N) is 1. The Morgan fingerprint density at radius 3 is 2.76 bits per heavy atom. The third-order valence-electron chi connectivity index (χ3n) is 4.97. The molecule has 3 rings (SSSR count). The van der Waals surface area contributed by atoms with Crippen LogP contribution in [0.15, 0.2) is 36.5 Å². The van der Waals surface area contributed by atoms with Crippen LogP contribution in [0.4, 0.5) is 4.39 Å². The average molecular weight is 341 g/mol. The molecule has 5 heteroatoms. The summed E-state index contributed by atoms with van der Waals surface area (Å²) in [6.07, 6.45) is 3.97. The van der Waals surface area contributed by atoms with Crippen molar-refractivity contribution in [3.63, 3.8) is 0 Å². The third-order valence-corrected chi connectivity index (χ3v) is 4.97. The number of nitrogens with zero attached hydrogens (tertiary/aromatic N) is 2. The third kappa shape index (κ3) is 3.71. The molecule has 0 bridgehead atoms. The summed E-state index contributed by atoms with van der Waals surface area (Å²) in [5.74, 6) is -0.0165. The van der Waals surface area contributed by atoms with E-state index in [-0.39, 0.29) is 17.6 Å². The second kappa shape index (κ2) is 7.74. The lowest BCUT2D eigenvalue weighted by atomic mass is 9.88. The molecule has 0 radical (unpaired) electrons. The molecule has 2 aromatic rings. The Labute approximate surface area is 147 Å². The van der Waals surface area contributed by atoms with Crippen LogP contribution in [0, 0.1) is 5.82 Å². The van der Waals surface area contributed by atoms with Crippen LogP contribution in [0.1, 0.15) is 52.9 Å². The van der Waals surface area contributed by atoms with E-state index in [1.807, 2.05) is 24.0 Å². The van der Waals surface area contributed by atoms with Gasteiger partial charge in [0.25, 0.3) is 5.91 Å². The topological polar surface area (TPSA) is 59.2 Å². The van der Waals surface area contributed by atoms with Gasteiger partial charge in [-0.25, -0.2) is 4.39 Å². The number of aryl methyl sites for hydroxylation is 1. The van der Waals surface area contributed by atoms with Gasteiger partial charge in [0.15, 0.2) is 0 Å². The van der Waals surface area contributed by atoms with E-state index >= 15 is 0 Å². The van der Waals surface area contributed by atoms with Crippen LogP contribution >= 0.6 is 0 Å². The molecular weight excluding hydrogens is 317 g/mol. The Balaban J connectivity index is 1.71. The number of hydrogen-bond donors (Lipinski definition) is 1. The average Bonchev–Trinajstić information content (AvgIpc) is 2.68. The van der Waals surface area contributed by atoms with Gasteiger partial charge in [-0.15, -0.1) is 0 Å². The first-order valence-electron chi connectivity index (χ1n) is 8.85. The molecule has 0 unspecified atom stereocenters. The zero-order valence-corrected chi connectivity index (χ0v) is 14.5. The van der Waals surface area contributed by atoms with Gasteiger partial charge in [-0.05, 0) is 54.5 Å². The minimum atomic E-state index is -0.178. The maximum atomic E-state index is 14.2. The number of likely N-dealkylation sites (tertiary alicyclic amines) is 1. The molecule has 2 N–H and O–H groups in total. The SMILES string of the molecule is CCc1ncccc1C(=O)N1CCC(c2cc(CN)ccc2F)CC1. The summed E-state index contributed by atoms with van der Waals surface area (Å²) < 4.78 is 14.2. The van der Waals surface area contributed by atoms with Gasteiger partial charge < -0.3 is 10.6 Å². The van der Waals surface area contributed by atoms with Crippen LogP contribution in [-0.4, -0.2) is 28.9 Å². The largest absolute Gasteiger partial charge is 0.339 e. The van der Waals surface area contributed by atoms with Crippen molar-refractivity contribution in [2.24, 2.45) is 5.73 Å².